The van der Waals surface area contributed by atoms with Gasteiger partial charge in [0.1, 0.15) is 11.3 Å². The Morgan fingerprint density at radius 2 is 2.05 bits per heavy atom. The molecular formula is C9H8ClF2NO5S. The lowest BCUT2D eigenvalue weighted by molar-refractivity contribution is 0.0693. The quantitative estimate of drug-likeness (QED) is 0.867. The first kappa shape index (κ1) is 15.4. The molecule has 0 saturated heterocycles. The minimum absolute atomic E-state index is 0.219. The van der Waals surface area contributed by atoms with Crippen LogP contribution in [0.3, 0.4) is 0 Å². The van der Waals surface area contributed by atoms with Crippen LogP contribution in [0, 0.1) is 0 Å². The van der Waals surface area contributed by atoms with Gasteiger partial charge in [0.15, 0.2) is 0 Å². The fraction of sp³-hybridized carbons (Fsp3) is 0.222. The molecule has 2 N–H and O–H groups in total. The number of halogens is 3. The Labute approximate surface area is 112 Å². The first-order valence-corrected chi connectivity index (χ1v) is 6.52. The first-order chi connectivity index (χ1) is 8.69. The Morgan fingerprint density at radius 3 is 2.47 bits per heavy atom. The number of aromatic carboxylic acids is 1. The van der Waals surface area contributed by atoms with Gasteiger partial charge in [0.25, 0.3) is 10.0 Å². The number of hydrogen-bond donors (Lipinski definition) is 2. The Balaban J connectivity index is 3.28. The number of benzene rings is 1. The van der Waals surface area contributed by atoms with E-state index < -0.39 is 27.4 Å². The summed E-state index contributed by atoms with van der Waals surface area (Å²) < 4.78 is 52.6. The van der Waals surface area contributed by atoms with Crippen LogP contribution in [0.4, 0.5) is 14.5 Å². The number of rotatable bonds is 5. The van der Waals surface area contributed by atoms with Gasteiger partial charge >= 0.3 is 11.7 Å². The summed E-state index contributed by atoms with van der Waals surface area (Å²) >= 11 is 5.62. The largest absolute Gasteiger partial charge is 0.496 e. The van der Waals surface area contributed by atoms with Gasteiger partial charge < -0.3 is 9.84 Å². The van der Waals surface area contributed by atoms with E-state index in [1.165, 1.54) is 0 Å². The number of nitrogens with one attached hydrogen (secondary N) is 1. The lowest BCUT2D eigenvalue weighted by Gasteiger charge is -2.12. The van der Waals surface area contributed by atoms with Gasteiger partial charge in [-0.1, -0.05) is 11.6 Å². The maximum Gasteiger partial charge on any atom is 0.355 e. The zero-order chi connectivity index (χ0) is 14.8. The summed E-state index contributed by atoms with van der Waals surface area (Å²) in [5.74, 6) is -5.22. The molecule has 0 radical (unpaired) electrons. The molecule has 1 rings (SSSR count). The van der Waals surface area contributed by atoms with Gasteiger partial charge in [0.2, 0.25) is 0 Å². The summed E-state index contributed by atoms with van der Waals surface area (Å²) in [6.45, 7) is 0. The number of carboxylic acid groups (broad SMARTS) is 1. The van der Waals surface area contributed by atoms with Gasteiger partial charge in [-0.15, -0.1) is 0 Å². The Hall–Kier alpha value is -1.61. The highest BCUT2D eigenvalue weighted by atomic mass is 35.5. The van der Waals surface area contributed by atoms with Gasteiger partial charge in [0, 0.05) is 6.07 Å². The molecule has 0 bridgehead atoms. The molecule has 1 aromatic carbocycles. The third kappa shape index (κ3) is 3.44. The molecule has 0 aliphatic carbocycles. The second-order valence-corrected chi connectivity index (χ2v) is 5.30. The molecule has 19 heavy (non-hydrogen) atoms. The molecule has 10 heteroatoms. The average Bonchev–Trinajstić information content (AvgIpc) is 2.30. The predicted molar refractivity (Wildman–Crippen MR) is 63.5 cm³/mol. The van der Waals surface area contributed by atoms with E-state index >= 15 is 0 Å². The normalized spacial score (nSPS) is 11.4. The zero-order valence-electron chi connectivity index (χ0n) is 9.35. The number of carbonyl (C=O) groups is 1. The molecule has 0 unspecified atom stereocenters. The van der Waals surface area contributed by atoms with Crippen molar-refractivity contribution >= 4 is 33.3 Å². The van der Waals surface area contributed by atoms with Crippen molar-refractivity contribution in [3.63, 3.8) is 0 Å². The monoisotopic (exact) mass is 315 g/mol. The summed E-state index contributed by atoms with van der Waals surface area (Å²) in [6, 6.07) is 1.80. The van der Waals surface area contributed by atoms with E-state index in [1.54, 1.807) is 4.72 Å². The highest BCUT2D eigenvalue weighted by Gasteiger charge is 2.26. The number of carboxylic acids is 1. The van der Waals surface area contributed by atoms with Crippen molar-refractivity contribution in [1.82, 2.24) is 0 Å². The second-order valence-electron chi connectivity index (χ2n) is 3.25. The minimum atomic E-state index is -4.90. The van der Waals surface area contributed by atoms with Crippen molar-refractivity contribution in [2.24, 2.45) is 0 Å². The van der Waals surface area contributed by atoms with Crippen LogP contribution in [-0.2, 0) is 10.0 Å². The molecule has 6 nitrogen and oxygen atoms in total. The summed E-state index contributed by atoms with van der Waals surface area (Å²) in [5, 5.41) is 8.49. The van der Waals surface area contributed by atoms with Crippen molar-refractivity contribution in [2.75, 3.05) is 11.8 Å². The third-order valence-electron chi connectivity index (χ3n) is 2.01. The summed E-state index contributed by atoms with van der Waals surface area (Å²) in [6.07, 6.45) is 0. The standard InChI is InChI=1S/C9H8ClF2NO5S/c1-18-7-3-6(13-19(16,17)9(11)12)5(10)2-4(7)8(14)15/h2-3,9,13H,1H3,(H,14,15). The van der Waals surface area contributed by atoms with Gasteiger partial charge in [-0.25, -0.2) is 13.2 Å². The summed E-state index contributed by atoms with van der Waals surface area (Å²) in [5.41, 5.74) is -0.726. The molecule has 0 atom stereocenters. The van der Waals surface area contributed by atoms with Gasteiger partial charge in [-0.05, 0) is 6.07 Å². The summed E-state index contributed by atoms with van der Waals surface area (Å²) in [7, 11) is -3.76. The van der Waals surface area contributed by atoms with Gasteiger partial charge in [-0.3, -0.25) is 4.72 Å². The van der Waals surface area contributed by atoms with Crippen LogP contribution >= 0.6 is 11.6 Å². The molecule has 0 aliphatic rings. The highest BCUT2D eigenvalue weighted by molar-refractivity contribution is 7.93. The number of anilines is 1. The molecule has 0 saturated carbocycles. The number of ether oxygens (including phenoxy) is 1. The number of sulfonamides is 1. The maximum absolute atomic E-state index is 12.2. The smallest absolute Gasteiger partial charge is 0.355 e. The van der Waals surface area contributed by atoms with E-state index in [0.717, 1.165) is 19.2 Å². The van der Waals surface area contributed by atoms with E-state index in [4.69, 9.17) is 21.4 Å². The topological polar surface area (TPSA) is 92.7 Å². The van der Waals surface area contributed by atoms with Crippen molar-refractivity contribution in [1.29, 1.82) is 0 Å². The van der Waals surface area contributed by atoms with Crippen molar-refractivity contribution in [3.8, 4) is 5.75 Å². The zero-order valence-corrected chi connectivity index (χ0v) is 10.9. The first-order valence-electron chi connectivity index (χ1n) is 4.59. The molecule has 0 spiro atoms. The molecule has 106 valence electrons. The van der Waals surface area contributed by atoms with E-state index in [2.05, 4.69) is 0 Å². The van der Waals surface area contributed by atoms with Crippen LogP contribution in [0.1, 0.15) is 10.4 Å². The molecular weight excluding hydrogens is 308 g/mol. The number of methoxy groups -OCH3 is 1. The van der Waals surface area contributed by atoms with Gasteiger partial charge in [0.05, 0.1) is 17.8 Å². The predicted octanol–water partition coefficient (Wildman–Crippen LogP) is 2.01. The summed E-state index contributed by atoms with van der Waals surface area (Å²) in [4.78, 5) is 10.8. The third-order valence-corrected chi connectivity index (χ3v) is 3.29. The molecule has 0 aromatic heterocycles. The Bertz CT molecular complexity index is 605. The van der Waals surface area contributed by atoms with E-state index in [-0.39, 0.29) is 16.3 Å². The van der Waals surface area contributed by atoms with E-state index in [9.17, 15) is 22.0 Å². The minimum Gasteiger partial charge on any atom is -0.496 e. The van der Waals surface area contributed by atoms with Crippen LogP contribution in [0.15, 0.2) is 12.1 Å². The van der Waals surface area contributed by atoms with Crippen molar-refractivity contribution < 1.29 is 31.8 Å². The number of hydrogen-bond acceptors (Lipinski definition) is 4. The fourth-order valence-corrected chi connectivity index (χ4v) is 2.00. The van der Waals surface area contributed by atoms with Crippen LogP contribution in [0.25, 0.3) is 0 Å². The van der Waals surface area contributed by atoms with Gasteiger partial charge in [-0.2, -0.15) is 8.78 Å². The SMILES string of the molecule is COc1cc(NS(=O)(=O)C(F)F)c(Cl)cc1C(=O)O. The Morgan fingerprint density at radius 1 is 1.47 bits per heavy atom. The van der Waals surface area contributed by atoms with Crippen LogP contribution in [0.5, 0.6) is 5.75 Å². The lowest BCUT2D eigenvalue weighted by atomic mass is 10.2. The molecule has 0 heterocycles. The van der Waals surface area contributed by atoms with Crippen LogP contribution in [0.2, 0.25) is 5.02 Å². The fourth-order valence-electron chi connectivity index (χ4n) is 1.17. The number of alkyl halides is 2. The molecule has 0 amide bonds. The average molecular weight is 316 g/mol. The van der Waals surface area contributed by atoms with E-state index in [1.807, 2.05) is 0 Å². The molecule has 1 aromatic rings. The van der Waals surface area contributed by atoms with E-state index in [0.29, 0.717) is 0 Å². The lowest BCUT2D eigenvalue weighted by Crippen LogP contribution is -2.21. The van der Waals surface area contributed by atoms with Crippen molar-refractivity contribution in [3.05, 3.63) is 22.7 Å². The highest BCUT2D eigenvalue weighted by Crippen LogP contribution is 2.32. The van der Waals surface area contributed by atoms with Crippen LogP contribution < -0.4 is 9.46 Å². The second kappa shape index (κ2) is 5.57. The maximum atomic E-state index is 12.2. The van der Waals surface area contributed by atoms with Crippen LogP contribution in [-0.4, -0.2) is 32.4 Å². The van der Waals surface area contributed by atoms with Crippen molar-refractivity contribution in [2.45, 2.75) is 5.76 Å². The molecule has 0 fully saturated rings. The molecule has 0 aliphatic heterocycles. The Kier molecular flexibility index (Phi) is 4.53.